The lowest BCUT2D eigenvalue weighted by Crippen LogP contribution is -2.30. The molecular formula is C14H10ClF3N2O3. The van der Waals surface area contributed by atoms with Crippen molar-refractivity contribution in [1.29, 1.82) is 0 Å². The third-order valence-corrected chi connectivity index (χ3v) is 3.59. The third-order valence-electron chi connectivity index (χ3n) is 3.33. The van der Waals surface area contributed by atoms with Gasteiger partial charge in [-0.25, -0.2) is 9.78 Å². The van der Waals surface area contributed by atoms with Crippen LogP contribution in [0.25, 0.3) is 0 Å². The highest BCUT2D eigenvalue weighted by Crippen LogP contribution is 2.34. The Hall–Kier alpha value is -2.22. The summed E-state index contributed by atoms with van der Waals surface area (Å²) in [6.07, 6.45) is -4.43. The van der Waals surface area contributed by atoms with Crippen molar-refractivity contribution in [3.05, 3.63) is 52.7 Å². The van der Waals surface area contributed by atoms with Gasteiger partial charge in [0.15, 0.2) is 0 Å². The topological polar surface area (TPSA) is 55.6 Å². The molecule has 0 radical (unpaired) electrons. The van der Waals surface area contributed by atoms with Gasteiger partial charge in [-0.3, -0.25) is 4.90 Å². The minimum Gasteiger partial charge on any atom is -0.448 e. The molecule has 0 bridgehead atoms. The van der Waals surface area contributed by atoms with Gasteiger partial charge in [-0.15, -0.1) is 0 Å². The van der Waals surface area contributed by atoms with Crippen LogP contribution in [-0.4, -0.2) is 29.1 Å². The van der Waals surface area contributed by atoms with Crippen molar-refractivity contribution >= 4 is 17.7 Å². The molecule has 0 N–H and O–H groups in total. The number of halogens is 4. The molecule has 1 saturated heterocycles. The van der Waals surface area contributed by atoms with Crippen LogP contribution in [-0.2, 0) is 10.9 Å². The molecule has 0 saturated carbocycles. The van der Waals surface area contributed by atoms with Gasteiger partial charge < -0.3 is 9.15 Å². The largest absolute Gasteiger partial charge is 0.468 e. The van der Waals surface area contributed by atoms with Gasteiger partial charge in [-0.1, -0.05) is 23.7 Å². The Labute approximate surface area is 133 Å². The Morgan fingerprint density at radius 2 is 1.96 bits per heavy atom. The molecule has 122 valence electrons. The summed E-state index contributed by atoms with van der Waals surface area (Å²) in [7, 11) is 0. The van der Waals surface area contributed by atoms with E-state index in [9.17, 15) is 18.0 Å². The van der Waals surface area contributed by atoms with Crippen LogP contribution in [0.15, 0.2) is 34.9 Å². The number of cyclic esters (lactones) is 1. The molecule has 1 amide bonds. The smallest absolute Gasteiger partial charge is 0.448 e. The first-order valence-corrected chi connectivity index (χ1v) is 6.95. The molecule has 1 aliphatic heterocycles. The van der Waals surface area contributed by atoms with Crippen LogP contribution in [0, 0.1) is 0 Å². The number of alkyl halides is 3. The van der Waals surface area contributed by atoms with E-state index in [1.165, 1.54) is 4.90 Å². The number of rotatable bonds is 3. The zero-order chi connectivity index (χ0) is 16.6. The molecule has 1 fully saturated rings. The van der Waals surface area contributed by atoms with Crippen LogP contribution in [0.2, 0.25) is 5.02 Å². The normalized spacial score (nSPS) is 16.5. The van der Waals surface area contributed by atoms with Gasteiger partial charge in [0.2, 0.25) is 0 Å². The van der Waals surface area contributed by atoms with Crippen molar-refractivity contribution in [3.8, 4) is 0 Å². The van der Waals surface area contributed by atoms with Gasteiger partial charge in [0.1, 0.15) is 24.6 Å². The van der Waals surface area contributed by atoms with Gasteiger partial charge in [0.05, 0.1) is 6.54 Å². The van der Waals surface area contributed by atoms with Crippen LogP contribution in [0.5, 0.6) is 0 Å². The van der Waals surface area contributed by atoms with Gasteiger partial charge in [-0.2, -0.15) is 13.2 Å². The standard InChI is InChI=1S/C14H10ClF3N2O3/c15-9-3-1-8(2-4-9)11(20-5-6-22-13(20)21)10-7-23-12(19-10)14(16,17)18/h1-4,7,11H,5-6H2/t11-/m0/s1. The van der Waals surface area contributed by atoms with Gasteiger partial charge in [-0.05, 0) is 17.7 Å². The molecule has 5 nitrogen and oxygen atoms in total. The van der Waals surface area contributed by atoms with Crippen molar-refractivity contribution in [1.82, 2.24) is 9.88 Å². The number of aromatic nitrogens is 1. The van der Waals surface area contributed by atoms with Crippen LogP contribution < -0.4 is 0 Å². The van der Waals surface area contributed by atoms with E-state index >= 15 is 0 Å². The molecule has 3 rings (SSSR count). The quantitative estimate of drug-likeness (QED) is 0.846. The highest BCUT2D eigenvalue weighted by molar-refractivity contribution is 6.30. The lowest BCUT2D eigenvalue weighted by Gasteiger charge is -2.24. The lowest BCUT2D eigenvalue weighted by atomic mass is 10.0. The van der Waals surface area contributed by atoms with E-state index in [1.54, 1.807) is 24.3 Å². The fourth-order valence-electron chi connectivity index (χ4n) is 2.34. The molecule has 2 aromatic rings. The Balaban J connectivity index is 2.03. The monoisotopic (exact) mass is 346 g/mol. The average Bonchev–Trinajstić information content (AvgIpc) is 3.11. The highest BCUT2D eigenvalue weighted by atomic mass is 35.5. The van der Waals surface area contributed by atoms with Crippen molar-refractivity contribution in [2.75, 3.05) is 13.2 Å². The first kappa shape index (κ1) is 15.7. The molecule has 0 aliphatic carbocycles. The summed E-state index contributed by atoms with van der Waals surface area (Å²) in [5.41, 5.74) is 0.522. The van der Waals surface area contributed by atoms with Crippen molar-refractivity contribution < 1.29 is 27.1 Å². The van der Waals surface area contributed by atoms with E-state index in [-0.39, 0.29) is 18.8 Å². The maximum absolute atomic E-state index is 12.7. The van der Waals surface area contributed by atoms with Gasteiger partial charge in [0, 0.05) is 5.02 Å². The van der Waals surface area contributed by atoms with Crippen molar-refractivity contribution in [2.24, 2.45) is 0 Å². The Morgan fingerprint density at radius 3 is 2.48 bits per heavy atom. The van der Waals surface area contributed by atoms with Crippen molar-refractivity contribution in [2.45, 2.75) is 12.2 Å². The van der Waals surface area contributed by atoms with E-state index in [4.69, 9.17) is 16.3 Å². The van der Waals surface area contributed by atoms with Crippen LogP contribution >= 0.6 is 11.6 Å². The Morgan fingerprint density at radius 1 is 1.26 bits per heavy atom. The second kappa shape index (κ2) is 5.77. The zero-order valence-corrected chi connectivity index (χ0v) is 12.3. The van der Waals surface area contributed by atoms with Gasteiger partial charge in [0.25, 0.3) is 0 Å². The molecule has 0 unspecified atom stereocenters. The molecule has 9 heteroatoms. The van der Waals surface area contributed by atoms with E-state index in [2.05, 4.69) is 9.40 Å². The van der Waals surface area contributed by atoms with E-state index in [1.807, 2.05) is 0 Å². The van der Waals surface area contributed by atoms with E-state index in [0.717, 1.165) is 6.26 Å². The summed E-state index contributed by atoms with van der Waals surface area (Å²) < 4.78 is 47.5. The second-order valence-corrected chi connectivity index (χ2v) is 5.27. The van der Waals surface area contributed by atoms with Gasteiger partial charge >= 0.3 is 18.2 Å². The Kier molecular flexibility index (Phi) is 3.93. The van der Waals surface area contributed by atoms with E-state index < -0.39 is 24.2 Å². The lowest BCUT2D eigenvalue weighted by molar-refractivity contribution is -0.157. The number of carbonyl (C=O) groups is 1. The minimum atomic E-state index is -4.70. The average molecular weight is 347 g/mol. The zero-order valence-electron chi connectivity index (χ0n) is 11.5. The summed E-state index contributed by atoms with van der Waals surface area (Å²) in [6, 6.07) is 5.54. The van der Waals surface area contributed by atoms with Crippen LogP contribution in [0.3, 0.4) is 0 Å². The van der Waals surface area contributed by atoms with Crippen LogP contribution in [0.1, 0.15) is 23.2 Å². The third kappa shape index (κ3) is 3.12. The number of carbonyl (C=O) groups excluding carboxylic acids is 1. The summed E-state index contributed by atoms with van der Waals surface area (Å²) in [6.45, 7) is 0.396. The molecule has 1 aromatic carbocycles. The molecule has 23 heavy (non-hydrogen) atoms. The Bertz CT molecular complexity index is 715. The molecule has 1 atom stereocenters. The highest BCUT2D eigenvalue weighted by Gasteiger charge is 2.40. The number of hydrogen-bond acceptors (Lipinski definition) is 4. The number of ether oxygens (including phenoxy) is 1. The molecule has 1 aromatic heterocycles. The number of hydrogen-bond donors (Lipinski definition) is 0. The fourth-order valence-corrected chi connectivity index (χ4v) is 2.46. The molecule has 0 spiro atoms. The fraction of sp³-hybridized carbons (Fsp3) is 0.286. The molecular weight excluding hydrogens is 337 g/mol. The first-order chi connectivity index (χ1) is 10.9. The maximum Gasteiger partial charge on any atom is 0.468 e. The first-order valence-electron chi connectivity index (χ1n) is 6.58. The predicted octanol–water partition coefficient (Wildman–Crippen LogP) is 3.89. The molecule has 1 aliphatic rings. The summed E-state index contributed by atoms with van der Waals surface area (Å²) >= 11 is 5.83. The number of nitrogens with zero attached hydrogens (tertiary/aromatic N) is 2. The number of benzene rings is 1. The second-order valence-electron chi connectivity index (χ2n) is 4.84. The number of amides is 1. The SMILES string of the molecule is O=C1OCCN1[C@@H](c1ccc(Cl)cc1)c1coc(C(F)(F)F)n1. The summed E-state index contributed by atoms with van der Waals surface area (Å²) in [4.78, 5) is 16.6. The maximum atomic E-state index is 12.7. The summed E-state index contributed by atoms with van der Waals surface area (Å²) in [5, 5.41) is 0.465. The van der Waals surface area contributed by atoms with Crippen LogP contribution in [0.4, 0.5) is 18.0 Å². The summed E-state index contributed by atoms with van der Waals surface area (Å²) in [5.74, 6) is -1.36. The van der Waals surface area contributed by atoms with Crippen molar-refractivity contribution in [3.63, 3.8) is 0 Å². The molecule has 2 heterocycles. The minimum absolute atomic E-state index is 0.0292. The van der Waals surface area contributed by atoms with E-state index in [0.29, 0.717) is 10.6 Å². The predicted molar refractivity (Wildman–Crippen MR) is 72.9 cm³/mol. The number of oxazole rings is 1.